The van der Waals surface area contributed by atoms with Crippen LogP contribution in [0.25, 0.3) is 5.65 Å². The summed E-state index contributed by atoms with van der Waals surface area (Å²) < 4.78 is 29.5. The number of benzene rings is 1. The van der Waals surface area contributed by atoms with Crippen molar-refractivity contribution < 1.29 is 13.4 Å². The Hall–Kier alpha value is -2.85. The number of anilines is 1. The van der Waals surface area contributed by atoms with Gasteiger partial charge in [0, 0.05) is 31.8 Å². The van der Waals surface area contributed by atoms with Crippen molar-refractivity contribution in [2.75, 3.05) is 30.8 Å². The van der Waals surface area contributed by atoms with E-state index in [1.165, 1.54) is 6.07 Å². The van der Waals surface area contributed by atoms with Gasteiger partial charge in [-0.2, -0.15) is 0 Å². The first-order valence-electron chi connectivity index (χ1n) is 11.1. The first kappa shape index (κ1) is 23.3. The van der Waals surface area contributed by atoms with Crippen LogP contribution in [0.2, 0.25) is 0 Å². The van der Waals surface area contributed by atoms with Gasteiger partial charge >= 0.3 is 0 Å². The highest BCUT2D eigenvalue weighted by Gasteiger charge is 2.29. The van der Waals surface area contributed by atoms with Crippen LogP contribution in [0.5, 0.6) is 0 Å². The number of nitrogens with two attached hydrogens (primary N) is 1. The molecule has 8 nitrogen and oxygen atoms in total. The fraction of sp³-hybridized carbons (Fsp3) is 0.435. The Morgan fingerprint density at radius 1 is 1.15 bits per heavy atom. The minimum Gasteiger partial charge on any atom is -0.372 e. The normalized spacial score (nSPS) is 20.4. The van der Waals surface area contributed by atoms with Crippen molar-refractivity contribution in [1.29, 1.82) is 0 Å². The van der Waals surface area contributed by atoms with Gasteiger partial charge in [0.15, 0.2) is 5.65 Å². The molecule has 2 N–H and O–H groups in total. The van der Waals surface area contributed by atoms with Crippen LogP contribution >= 0.6 is 0 Å². The number of nitrogens with zero attached hydrogens (tertiary/aromatic N) is 5. The third-order valence-electron chi connectivity index (χ3n) is 6.39. The summed E-state index contributed by atoms with van der Waals surface area (Å²) in [6, 6.07) is 11.1. The minimum atomic E-state index is -0.908. The van der Waals surface area contributed by atoms with Gasteiger partial charge in [-0.05, 0) is 55.5 Å². The maximum Gasteiger partial charge on any atom is 0.204 e. The van der Waals surface area contributed by atoms with Gasteiger partial charge in [0.2, 0.25) is 6.41 Å². The van der Waals surface area contributed by atoms with Crippen LogP contribution in [-0.2, 0) is 15.8 Å². The number of rotatable bonds is 4. The molecule has 5 rings (SSSR count). The standard InChI is InChI=1S/C22H26FN5OS.CH3NO/c1-30(29)26-12-9-16(10-13-26)20-15-24-21-7-8-22(25-28(20)21)27-11-3-6-19(27)17-4-2-5-18(23)14-17;2-1-3/h2,4-5,7-8,14-16,19H,3,6,9-13H2,1H3;1H,(H2,2,3)/t19-,30?;/m1./s1. The van der Waals surface area contributed by atoms with Gasteiger partial charge in [0.25, 0.3) is 0 Å². The Labute approximate surface area is 195 Å². The lowest BCUT2D eigenvalue weighted by Crippen LogP contribution is -2.34. The van der Waals surface area contributed by atoms with Gasteiger partial charge in [-0.3, -0.25) is 4.79 Å². The number of fused-ring (bicyclic) bond motifs is 1. The Kier molecular flexibility index (Phi) is 7.34. The molecular weight excluding hydrogens is 443 g/mol. The van der Waals surface area contributed by atoms with E-state index in [0.717, 1.165) is 68.0 Å². The first-order chi connectivity index (χ1) is 16.0. The highest BCUT2D eigenvalue weighted by Crippen LogP contribution is 2.36. The van der Waals surface area contributed by atoms with E-state index in [-0.39, 0.29) is 18.3 Å². The van der Waals surface area contributed by atoms with E-state index in [1.54, 1.807) is 18.4 Å². The number of hydrogen-bond acceptors (Lipinski definition) is 5. The summed E-state index contributed by atoms with van der Waals surface area (Å²) in [5.74, 6) is 1.07. The zero-order valence-electron chi connectivity index (χ0n) is 18.6. The Morgan fingerprint density at radius 3 is 2.61 bits per heavy atom. The summed E-state index contributed by atoms with van der Waals surface area (Å²) in [5.41, 5.74) is 7.13. The molecular formula is C23H29FN6O2S. The van der Waals surface area contributed by atoms with E-state index >= 15 is 0 Å². The van der Waals surface area contributed by atoms with Crippen LogP contribution in [0.1, 0.15) is 48.9 Å². The van der Waals surface area contributed by atoms with E-state index in [1.807, 2.05) is 33.2 Å². The van der Waals surface area contributed by atoms with Gasteiger partial charge < -0.3 is 10.6 Å². The van der Waals surface area contributed by atoms with Gasteiger partial charge in [-0.25, -0.2) is 22.4 Å². The van der Waals surface area contributed by atoms with Crippen molar-refractivity contribution in [3.63, 3.8) is 0 Å². The zero-order valence-corrected chi connectivity index (χ0v) is 19.5. The molecule has 0 aliphatic carbocycles. The maximum absolute atomic E-state index is 13.8. The molecule has 0 bridgehead atoms. The predicted octanol–water partition coefficient (Wildman–Crippen LogP) is 2.78. The number of imidazole rings is 1. The average molecular weight is 473 g/mol. The Balaban J connectivity index is 0.000000821. The summed E-state index contributed by atoms with van der Waals surface area (Å²) in [6.07, 6.45) is 7.89. The van der Waals surface area contributed by atoms with Crippen molar-refractivity contribution >= 4 is 28.9 Å². The third-order valence-corrected chi connectivity index (χ3v) is 7.48. The Morgan fingerprint density at radius 2 is 1.91 bits per heavy atom. The van der Waals surface area contributed by atoms with Crippen molar-refractivity contribution in [3.8, 4) is 0 Å². The van der Waals surface area contributed by atoms with Crippen LogP contribution in [0, 0.1) is 5.82 Å². The van der Waals surface area contributed by atoms with Crippen LogP contribution in [0.4, 0.5) is 10.2 Å². The zero-order chi connectivity index (χ0) is 23.4. The van der Waals surface area contributed by atoms with E-state index in [9.17, 15) is 8.60 Å². The number of hydrogen-bond donors (Lipinski definition) is 1. The van der Waals surface area contributed by atoms with Gasteiger partial charge in [-0.1, -0.05) is 12.1 Å². The summed E-state index contributed by atoms with van der Waals surface area (Å²) >= 11 is 0. The fourth-order valence-electron chi connectivity index (χ4n) is 4.82. The van der Waals surface area contributed by atoms with Crippen molar-refractivity contribution in [1.82, 2.24) is 18.9 Å². The lowest BCUT2D eigenvalue weighted by Gasteiger charge is -2.29. The van der Waals surface area contributed by atoms with Crippen molar-refractivity contribution in [2.45, 2.75) is 37.6 Å². The number of carbonyl (C=O) groups excluding carboxylic acids is 1. The Bertz CT molecular complexity index is 1130. The summed E-state index contributed by atoms with van der Waals surface area (Å²) in [6.45, 7) is 2.56. The fourth-order valence-corrected chi connectivity index (χ4v) is 5.55. The molecule has 3 aromatic rings. The molecule has 4 heterocycles. The molecule has 10 heteroatoms. The average Bonchev–Trinajstić information content (AvgIpc) is 3.47. The smallest absolute Gasteiger partial charge is 0.204 e. The van der Waals surface area contributed by atoms with Crippen LogP contribution < -0.4 is 10.6 Å². The highest BCUT2D eigenvalue weighted by molar-refractivity contribution is 7.81. The molecule has 1 unspecified atom stereocenters. The maximum atomic E-state index is 13.8. The van der Waals surface area contributed by atoms with E-state index in [2.05, 4.69) is 15.6 Å². The van der Waals surface area contributed by atoms with E-state index in [4.69, 9.17) is 9.89 Å². The SMILES string of the molecule is CS(=O)N1CCC(c2cnc3ccc(N4CCC[C@@H]4c4cccc(F)c4)nn23)CC1.NC=O. The summed E-state index contributed by atoms with van der Waals surface area (Å²) in [5, 5.41) is 4.96. The highest BCUT2D eigenvalue weighted by atomic mass is 32.2. The second-order valence-corrected chi connectivity index (χ2v) is 9.68. The number of primary amides is 1. The molecule has 2 saturated heterocycles. The number of carbonyl (C=O) groups is 1. The predicted molar refractivity (Wildman–Crippen MR) is 127 cm³/mol. The van der Waals surface area contributed by atoms with Crippen molar-refractivity contribution in [2.24, 2.45) is 5.73 Å². The summed E-state index contributed by atoms with van der Waals surface area (Å²) in [7, 11) is -0.908. The van der Waals surface area contributed by atoms with Gasteiger partial charge in [0.1, 0.15) is 11.6 Å². The van der Waals surface area contributed by atoms with E-state index in [0.29, 0.717) is 5.92 Å². The molecule has 2 aliphatic heterocycles. The number of piperidine rings is 1. The van der Waals surface area contributed by atoms with Crippen molar-refractivity contribution in [3.05, 3.63) is 59.7 Å². The second-order valence-electron chi connectivity index (χ2n) is 8.31. The lowest BCUT2D eigenvalue weighted by atomic mass is 9.95. The van der Waals surface area contributed by atoms with Crippen LogP contribution in [0.3, 0.4) is 0 Å². The third kappa shape index (κ3) is 5.06. The quantitative estimate of drug-likeness (QED) is 0.589. The van der Waals surface area contributed by atoms with Gasteiger partial charge in [-0.15, -0.1) is 5.10 Å². The molecule has 1 aromatic carbocycles. The molecule has 0 saturated carbocycles. The van der Waals surface area contributed by atoms with E-state index < -0.39 is 11.0 Å². The summed E-state index contributed by atoms with van der Waals surface area (Å²) in [4.78, 5) is 15.4. The topological polar surface area (TPSA) is 96.8 Å². The lowest BCUT2D eigenvalue weighted by molar-refractivity contribution is -0.106. The molecule has 1 amide bonds. The first-order valence-corrected chi connectivity index (χ1v) is 12.6. The molecule has 33 heavy (non-hydrogen) atoms. The van der Waals surface area contributed by atoms with Crippen LogP contribution in [-0.4, -0.2) is 55.4 Å². The number of halogens is 1. The molecule has 2 atom stereocenters. The number of aromatic nitrogens is 3. The number of amides is 1. The largest absolute Gasteiger partial charge is 0.372 e. The molecule has 0 spiro atoms. The molecule has 0 radical (unpaired) electrons. The monoisotopic (exact) mass is 472 g/mol. The molecule has 2 fully saturated rings. The molecule has 176 valence electrons. The minimum absolute atomic E-state index is 0.139. The molecule has 2 aliphatic rings. The van der Waals surface area contributed by atoms with Crippen LogP contribution in [0.15, 0.2) is 42.6 Å². The molecule has 2 aromatic heterocycles. The second kappa shape index (κ2) is 10.4. The van der Waals surface area contributed by atoms with Gasteiger partial charge in [0.05, 0.1) is 28.9 Å².